The lowest BCUT2D eigenvalue weighted by molar-refractivity contribution is 0.114. The SMILES string of the molecule is CCC(CC)C(O)CNc1ccc(C#N)c2ccccc12. The van der Waals surface area contributed by atoms with Crippen LogP contribution in [0.3, 0.4) is 0 Å². The van der Waals surface area contributed by atoms with Gasteiger partial charge in [-0.05, 0) is 18.1 Å². The molecule has 0 saturated heterocycles. The molecule has 1 unspecified atom stereocenters. The second-order valence-corrected chi connectivity index (χ2v) is 5.34. The fraction of sp³-hybridized carbons (Fsp3) is 0.389. The van der Waals surface area contributed by atoms with E-state index in [9.17, 15) is 10.4 Å². The fourth-order valence-electron chi connectivity index (χ4n) is 2.76. The van der Waals surface area contributed by atoms with E-state index < -0.39 is 0 Å². The minimum absolute atomic E-state index is 0.321. The number of hydrogen-bond donors (Lipinski definition) is 2. The molecule has 0 bridgehead atoms. The average Bonchev–Trinajstić information content (AvgIpc) is 2.53. The van der Waals surface area contributed by atoms with Crippen LogP contribution >= 0.6 is 0 Å². The number of nitriles is 1. The van der Waals surface area contributed by atoms with Crippen LogP contribution in [0.1, 0.15) is 32.3 Å². The van der Waals surface area contributed by atoms with Crippen molar-refractivity contribution in [3.8, 4) is 6.07 Å². The Kier molecular flexibility index (Phi) is 5.19. The van der Waals surface area contributed by atoms with Crippen LogP contribution in [0.25, 0.3) is 10.8 Å². The molecule has 0 aromatic heterocycles. The molecule has 0 radical (unpaired) electrons. The molecule has 0 fully saturated rings. The number of hydrogen-bond acceptors (Lipinski definition) is 3. The highest BCUT2D eigenvalue weighted by molar-refractivity contribution is 5.97. The van der Waals surface area contributed by atoms with Gasteiger partial charge in [0, 0.05) is 23.0 Å². The Morgan fingerprint density at radius 1 is 1.10 bits per heavy atom. The Labute approximate surface area is 126 Å². The standard InChI is InChI=1S/C18H22N2O/c1-3-13(4-2)18(21)12-20-17-10-9-14(11-19)15-7-5-6-8-16(15)17/h5-10,13,18,20-21H,3-4,12H2,1-2H3. The van der Waals surface area contributed by atoms with Crippen molar-refractivity contribution >= 4 is 16.5 Å². The van der Waals surface area contributed by atoms with E-state index in [1.54, 1.807) is 0 Å². The lowest BCUT2D eigenvalue weighted by Gasteiger charge is -2.21. The first-order valence-electron chi connectivity index (χ1n) is 7.55. The molecule has 2 aromatic rings. The van der Waals surface area contributed by atoms with Gasteiger partial charge in [0.1, 0.15) is 0 Å². The lowest BCUT2D eigenvalue weighted by atomic mass is 9.96. The summed E-state index contributed by atoms with van der Waals surface area (Å²) in [5.41, 5.74) is 1.64. The monoisotopic (exact) mass is 282 g/mol. The lowest BCUT2D eigenvalue weighted by Crippen LogP contribution is -2.27. The van der Waals surface area contributed by atoms with Crippen LogP contribution in [-0.2, 0) is 0 Å². The third-order valence-electron chi connectivity index (χ3n) is 4.14. The van der Waals surface area contributed by atoms with Crippen LogP contribution in [0, 0.1) is 17.2 Å². The first-order chi connectivity index (χ1) is 10.2. The maximum Gasteiger partial charge on any atom is 0.0998 e. The minimum atomic E-state index is -0.352. The van der Waals surface area contributed by atoms with E-state index in [0.717, 1.165) is 29.3 Å². The van der Waals surface area contributed by atoms with Crippen LogP contribution in [-0.4, -0.2) is 17.8 Å². The topological polar surface area (TPSA) is 56.0 Å². The van der Waals surface area contributed by atoms with Gasteiger partial charge in [-0.3, -0.25) is 0 Å². The highest BCUT2D eigenvalue weighted by Crippen LogP contribution is 2.26. The van der Waals surface area contributed by atoms with Gasteiger partial charge in [-0.15, -0.1) is 0 Å². The third-order valence-corrected chi connectivity index (χ3v) is 4.14. The highest BCUT2D eigenvalue weighted by Gasteiger charge is 2.15. The molecule has 110 valence electrons. The number of nitrogens with zero attached hydrogens (tertiary/aromatic N) is 1. The second-order valence-electron chi connectivity index (χ2n) is 5.34. The van der Waals surface area contributed by atoms with Gasteiger partial charge in [0.2, 0.25) is 0 Å². The van der Waals surface area contributed by atoms with Gasteiger partial charge in [0.25, 0.3) is 0 Å². The van der Waals surface area contributed by atoms with Crippen molar-refractivity contribution in [2.24, 2.45) is 5.92 Å². The first-order valence-corrected chi connectivity index (χ1v) is 7.55. The maximum atomic E-state index is 10.2. The van der Waals surface area contributed by atoms with Crippen LogP contribution < -0.4 is 5.32 Å². The zero-order valence-electron chi connectivity index (χ0n) is 12.6. The smallest absolute Gasteiger partial charge is 0.0998 e. The molecule has 0 spiro atoms. The molecule has 0 aliphatic carbocycles. The molecular formula is C18H22N2O. The maximum absolute atomic E-state index is 10.2. The highest BCUT2D eigenvalue weighted by atomic mass is 16.3. The number of fused-ring (bicyclic) bond motifs is 1. The number of aliphatic hydroxyl groups excluding tert-OH is 1. The third kappa shape index (κ3) is 3.34. The van der Waals surface area contributed by atoms with E-state index in [1.807, 2.05) is 36.4 Å². The van der Waals surface area contributed by atoms with Crippen molar-refractivity contribution in [3.63, 3.8) is 0 Å². The Bertz CT molecular complexity index is 641. The van der Waals surface area contributed by atoms with Gasteiger partial charge in [-0.2, -0.15) is 5.26 Å². The zero-order chi connectivity index (χ0) is 15.2. The summed E-state index contributed by atoms with van der Waals surface area (Å²) in [4.78, 5) is 0. The molecule has 3 nitrogen and oxygen atoms in total. The van der Waals surface area contributed by atoms with E-state index in [1.165, 1.54) is 0 Å². The number of nitrogens with one attached hydrogen (secondary N) is 1. The largest absolute Gasteiger partial charge is 0.391 e. The van der Waals surface area contributed by atoms with Gasteiger partial charge in [0.15, 0.2) is 0 Å². The van der Waals surface area contributed by atoms with Gasteiger partial charge in [-0.25, -0.2) is 0 Å². The van der Waals surface area contributed by atoms with Crippen LogP contribution in [0.4, 0.5) is 5.69 Å². The van der Waals surface area contributed by atoms with E-state index in [-0.39, 0.29) is 6.10 Å². The molecule has 0 amide bonds. The summed E-state index contributed by atoms with van der Waals surface area (Å²) in [5, 5.41) is 24.7. The van der Waals surface area contributed by atoms with E-state index in [0.29, 0.717) is 18.0 Å². The molecule has 2 rings (SSSR count). The van der Waals surface area contributed by atoms with Crippen LogP contribution in [0.15, 0.2) is 36.4 Å². The predicted octanol–water partition coefficient (Wildman–Crippen LogP) is 3.92. The first kappa shape index (κ1) is 15.3. The Hall–Kier alpha value is -2.05. The van der Waals surface area contributed by atoms with Gasteiger partial charge in [-0.1, -0.05) is 51.0 Å². The number of aliphatic hydroxyl groups is 1. The molecule has 21 heavy (non-hydrogen) atoms. The normalized spacial score (nSPS) is 12.3. The Balaban J connectivity index is 2.22. The number of benzene rings is 2. The van der Waals surface area contributed by atoms with Crippen molar-refractivity contribution in [1.82, 2.24) is 0 Å². The summed E-state index contributed by atoms with van der Waals surface area (Å²) in [7, 11) is 0. The molecule has 1 atom stereocenters. The molecule has 0 saturated carbocycles. The molecule has 0 aliphatic rings. The van der Waals surface area contributed by atoms with Gasteiger partial charge in [0.05, 0.1) is 17.7 Å². The van der Waals surface area contributed by atoms with E-state index >= 15 is 0 Å². The average molecular weight is 282 g/mol. The number of rotatable bonds is 6. The van der Waals surface area contributed by atoms with E-state index in [2.05, 4.69) is 25.2 Å². The Morgan fingerprint density at radius 2 is 1.76 bits per heavy atom. The summed E-state index contributed by atoms with van der Waals surface area (Å²) < 4.78 is 0. The molecular weight excluding hydrogens is 260 g/mol. The molecule has 0 heterocycles. The summed E-state index contributed by atoms with van der Waals surface area (Å²) >= 11 is 0. The van der Waals surface area contributed by atoms with Crippen molar-refractivity contribution in [2.45, 2.75) is 32.8 Å². The van der Waals surface area contributed by atoms with E-state index in [4.69, 9.17) is 0 Å². The molecule has 2 N–H and O–H groups in total. The van der Waals surface area contributed by atoms with Crippen molar-refractivity contribution in [3.05, 3.63) is 42.0 Å². The van der Waals surface area contributed by atoms with Crippen molar-refractivity contribution in [1.29, 1.82) is 5.26 Å². The van der Waals surface area contributed by atoms with Gasteiger partial charge >= 0.3 is 0 Å². The summed E-state index contributed by atoms with van der Waals surface area (Å²) in [6.07, 6.45) is 1.61. The van der Waals surface area contributed by atoms with Crippen LogP contribution in [0.5, 0.6) is 0 Å². The molecule has 0 aliphatic heterocycles. The fourth-order valence-corrected chi connectivity index (χ4v) is 2.76. The molecule has 2 aromatic carbocycles. The van der Waals surface area contributed by atoms with Crippen molar-refractivity contribution in [2.75, 3.05) is 11.9 Å². The van der Waals surface area contributed by atoms with Gasteiger partial charge < -0.3 is 10.4 Å². The van der Waals surface area contributed by atoms with Crippen molar-refractivity contribution < 1.29 is 5.11 Å². The van der Waals surface area contributed by atoms with Crippen LogP contribution in [0.2, 0.25) is 0 Å². The Morgan fingerprint density at radius 3 is 2.38 bits per heavy atom. The second kappa shape index (κ2) is 7.10. The number of anilines is 1. The molecule has 3 heteroatoms. The summed E-state index contributed by atoms with van der Waals surface area (Å²) in [5.74, 6) is 0.321. The minimum Gasteiger partial charge on any atom is -0.391 e. The predicted molar refractivity (Wildman–Crippen MR) is 87.2 cm³/mol. The summed E-state index contributed by atoms with van der Waals surface area (Å²) in [6, 6.07) is 13.8. The quantitative estimate of drug-likeness (QED) is 0.844. The summed E-state index contributed by atoms with van der Waals surface area (Å²) in [6.45, 7) is 4.74. The zero-order valence-corrected chi connectivity index (χ0v) is 12.6.